The van der Waals surface area contributed by atoms with Crippen LogP contribution in [0, 0.1) is 11.8 Å². The van der Waals surface area contributed by atoms with Crippen molar-refractivity contribution >= 4 is 12.3 Å². The van der Waals surface area contributed by atoms with Gasteiger partial charge in [0.2, 0.25) is 0 Å². The quantitative estimate of drug-likeness (QED) is 0.552. The van der Waals surface area contributed by atoms with Gasteiger partial charge in [-0.2, -0.15) is 0 Å². The third-order valence-electron chi connectivity index (χ3n) is 2.89. The first-order chi connectivity index (χ1) is 7.29. The molecule has 0 heterocycles. The van der Waals surface area contributed by atoms with E-state index in [9.17, 15) is 9.59 Å². The zero-order valence-corrected chi connectivity index (χ0v) is 8.42. The van der Waals surface area contributed by atoms with Crippen molar-refractivity contribution in [1.29, 1.82) is 0 Å². The smallest absolute Gasteiger partial charge is 0.310 e. The highest BCUT2D eigenvalue weighted by Gasteiger charge is 2.56. The van der Waals surface area contributed by atoms with Crippen LogP contribution in [0.3, 0.4) is 0 Å². The molecule has 0 amide bonds. The van der Waals surface area contributed by atoms with E-state index in [2.05, 4.69) is 4.74 Å². The number of ether oxygens (including phenoxy) is 1. The molecule has 1 aliphatic rings. The van der Waals surface area contributed by atoms with Gasteiger partial charge in [0.1, 0.15) is 6.29 Å². The summed E-state index contributed by atoms with van der Waals surface area (Å²) < 4.78 is 4.66. The summed E-state index contributed by atoms with van der Waals surface area (Å²) >= 11 is 0. The van der Waals surface area contributed by atoms with E-state index in [0.717, 1.165) is 11.8 Å². The summed E-state index contributed by atoms with van der Waals surface area (Å²) in [6.45, 7) is 0. The molecule has 15 heavy (non-hydrogen) atoms. The Labute approximate surface area is 88.1 Å². The minimum atomic E-state index is -0.291. The minimum absolute atomic E-state index is 0.0103. The van der Waals surface area contributed by atoms with Crippen molar-refractivity contribution in [2.75, 3.05) is 7.11 Å². The average Bonchev–Trinajstić information content (AvgIpc) is 3.03. The summed E-state index contributed by atoms with van der Waals surface area (Å²) in [6, 6.07) is 9.59. The summed E-state index contributed by atoms with van der Waals surface area (Å²) in [7, 11) is 1.35. The maximum atomic E-state index is 11.3. The van der Waals surface area contributed by atoms with Crippen LogP contribution in [-0.4, -0.2) is 19.4 Å². The number of esters is 1. The number of aldehydes is 1. The Bertz CT molecular complexity index is 372. The maximum Gasteiger partial charge on any atom is 0.310 e. The molecule has 0 spiro atoms. The molecule has 1 aromatic carbocycles. The van der Waals surface area contributed by atoms with Crippen LogP contribution in [-0.2, 0) is 14.3 Å². The third-order valence-corrected chi connectivity index (χ3v) is 2.89. The Morgan fingerprint density at radius 2 is 2.00 bits per heavy atom. The molecule has 1 saturated carbocycles. The Morgan fingerprint density at radius 1 is 1.33 bits per heavy atom. The molecule has 0 aromatic heterocycles. The van der Waals surface area contributed by atoms with Crippen molar-refractivity contribution in [1.82, 2.24) is 0 Å². The zero-order chi connectivity index (χ0) is 10.8. The van der Waals surface area contributed by atoms with Gasteiger partial charge in [-0.05, 0) is 5.56 Å². The number of methoxy groups -OCH3 is 1. The molecule has 0 unspecified atom stereocenters. The van der Waals surface area contributed by atoms with Crippen LogP contribution in [0.25, 0.3) is 0 Å². The predicted molar refractivity (Wildman–Crippen MR) is 54.2 cm³/mol. The number of benzene rings is 1. The molecule has 3 nitrogen and oxygen atoms in total. The zero-order valence-electron chi connectivity index (χ0n) is 8.42. The van der Waals surface area contributed by atoms with E-state index < -0.39 is 0 Å². The molecule has 2 rings (SSSR count). The molecule has 78 valence electrons. The first-order valence-electron chi connectivity index (χ1n) is 4.87. The Morgan fingerprint density at radius 3 is 2.53 bits per heavy atom. The molecule has 1 aromatic rings. The number of carbonyl (C=O) groups excluding carboxylic acids is 2. The fourth-order valence-corrected chi connectivity index (χ4v) is 2.05. The molecular weight excluding hydrogens is 192 g/mol. The fraction of sp³-hybridized carbons (Fsp3) is 0.333. The SMILES string of the molecule is COC(=O)[C@@H]1[C@H](C=O)[C@@H]1c1ccccc1. The second-order valence-electron chi connectivity index (χ2n) is 3.70. The molecule has 0 bridgehead atoms. The number of rotatable bonds is 3. The molecular formula is C12H12O3. The van der Waals surface area contributed by atoms with Gasteiger partial charge in [-0.3, -0.25) is 4.79 Å². The molecule has 1 fully saturated rings. The van der Waals surface area contributed by atoms with Crippen molar-refractivity contribution in [3.63, 3.8) is 0 Å². The third kappa shape index (κ3) is 1.65. The van der Waals surface area contributed by atoms with Crippen LogP contribution < -0.4 is 0 Å². The lowest BCUT2D eigenvalue weighted by molar-refractivity contribution is -0.143. The highest BCUT2D eigenvalue weighted by atomic mass is 16.5. The molecule has 0 saturated heterocycles. The Kier molecular flexibility index (Phi) is 2.54. The van der Waals surface area contributed by atoms with E-state index in [0.29, 0.717) is 0 Å². The summed E-state index contributed by atoms with van der Waals surface area (Å²) in [4.78, 5) is 22.1. The van der Waals surface area contributed by atoms with E-state index >= 15 is 0 Å². The van der Waals surface area contributed by atoms with Crippen LogP contribution in [0.4, 0.5) is 0 Å². The van der Waals surface area contributed by atoms with Crippen LogP contribution >= 0.6 is 0 Å². The average molecular weight is 204 g/mol. The first-order valence-corrected chi connectivity index (χ1v) is 4.87. The number of hydrogen-bond donors (Lipinski definition) is 0. The van der Waals surface area contributed by atoms with Crippen LogP contribution in [0.15, 0.2) is 30.3 Å². The number of hydrogen-bond acceptors (Lipinski definition) is 3. The van der Waals surface area contributed by atoms with Gasteiger partial charge >= 0.3 is 5.97 Å². The second kappa shape index (κ2) is 3.85. The lowest BCUT2D eigenvalue weighted by Gasteiger charge is -1.98. The van der Waals surface area contributed by atoms with Crippen molar-refractivity contribution in [2.24, 2.45) is 11.8 Å². The Hall–Kier alpha value is -1.64. The van der Waals surface area contributed by atoms with Crippen molar-refractivity contribution in [3.8, 4) is 0 Å². The molecule has 0 radical (unpaired) electrons. The summed E-state index contributed by atoms with van der Waals surface area (Å²) in [5.74, 6) is -0.771. The minimum Gasteiger partial charge on any atom is -0.469 e. The van der Waals surface area contributed by atoms with Crippen molar-refractivity contribution in [3.05, 3.63) is 35.9 Å². The maximum absolute atomic E-state index is 11.3. The van der Waals surface area contributed by atoms with Gasteiger partial charge in [0.15, 0.2) is 0 Å². The molecule has 0 aliphatic heterocycles. The first kappa shape index (κ1) is 9.90. The lowest BCUT2D eigenvalue weighted by atomic mass is 10.1. The van der Waals surface area contributed by atoms with Gasteiger partial charge in [0, 0.05) is 11.8 Å². The summed E-state index contributed by atoms with van der Waals surface area (Å²) in [6.07, 6.45) is 0.846. The highest BCUT2D eigenvalue weighted by molar-refractivity contribution is 5.84. The second-order valence-corrected chi connectivity index (χ2v) is 3.70. The van der Waals surface area contributed by atoms with Crippen LogP contribution in [0.2, 0.25) is 0 Å². The van der Waals surface area contributed by atoms with E-state index in [-0.39, 0.29) is 23.7 Å². The lowest BCUT2D eigenvalue weighted by Crippen LogP contribution is -2.05. The largest absolute Gasteiger partial charge is 0.469 e. The van der Waals surface area contributed by atoms with Gasteiger partial charge in [0.25, 0.3) is 0 Å². The van der Waals surface area contributed by atoms with Crippen molar-refractivity contribution in [2.45, 2.75) is 5.92 Å². The van der Waals surface area contributed by atoms with E-state index in [1.165, 1.54) is 7.11 Å². The van der Waals surface area contributed by atoms with Gasteiger partial charge in [-0.25, -0.2) is 0 Å². The highest BCUT2D eigenvalue weighted by Crippen LogP contribution is 2.53. The standard InChI is InChI=1S/C12H12O3/c1-15-12(14)11-9(7-13)10(11)8-5-3-2-4-6-8/h2-7,9-11H,1H3/t9-,10+,11-/m1/s1. The monoisotopic (exact) mass is 204 g/mol. The van der Waals surface area contributed by atoms with E-state index in [4.69, 9.17) is 0 Å². The molecule has 1 aliphatic carbocycles. The fourth-order valence-electron chi connectivity index (χ4n) is 2.05. The van der Waals surface area contributed by atoms with Gasteiger partial charge in [-0.15, -0.1) is 0 Å². The summed E-state index contributed by atoms with van der Waals surface area (Å²) in [5.41, 5.74) is 1.03. The van der Waals surface area contributed by atoms with E-state index in [1.807, 2.05) is 30.3 Å². The van der Waals surface area contributed by atoms with Crippen molar-refractivity contribution < 1.29 is 14.3 Å². The van der Waals surface area contributed by atoms with Crippen LogP contribution in [0.1, 0.15) is 11.5 Å². The molecule has 3 atom stereocenters. The number of carbonyl (C=O) groups is 2. The molecule has 0 N–H and O–H groups in total. The Balaban J connectivity index is 2.19. The van der Waals surface area contributed by atoms with Gasteiger partial charge < -0.3 is 9.53 Å². The normalized spacial score (nSPS) is 28.2. The van der Waals surface area contributed by atoms with Gasteiger partial charge in [-0.1, -0.05) is 30.3 Å². The predicted octanol–water partition coefficient (Wildman–Crippen LogP) is 1.39. The topological polar surface area (TPSA) is 43.4 Å². The van der Waals surface area contributed by atoms with Gasteiger partial charge in [0.05, 0.1) is 13.0 Å². The molecule has 3 heteroatoms. The van der Waals surface area contributed by atoms with E-state index in [1.54, 1.807) is 0 Å². The van der Waals surface area contributed by atoms with Crippen LogP contribution in [0.5, 0.6) is 0 Å². The summed E-state index contributed by atoms with van der Waals surface area (Å²) in [5, 5.41) is 0.